The fourth-order valence-electron chi connectivity index (χ4n) is 2.91. The van der Waals surface area contributed by atoms with E-state index >= 15 is 0 Å². The Kier molecular flexibility index (Phi) is 13.2. The van der Waals surface area contributed by atoms with E-state index in [1.54, 1.807) is 14.2 Å². The number of methoxy groups -OCH3 is 1. The van der Waals surface area contributed by atoms with Gasteiger partial charge in [-0.15, -0.1) is 24.0 Å². The van der Waals surface area contributed by atoms with E-state index in [0.717, 1.165) is 23.6 Å². The molecule has 3 N–H and O–H groups in total. The number of hydrogen-bond donors (Lipinski definition) is 3. The topological polar surface area (TPSA) is 87.2 Å². The number of benzene rings is 2. The van der Waals surface area contributed by atoms with Crippen LogP contribution in [0.1, 0.15) is 22.8 Å². The van der Waals surface area contributed by atoms with Crippen LogP contribution in [0.2, 0.25) is 0 Å². The number of likely N-dealkylation sites (N-methyl/N-ethyl adjacent to an activating group) is 1. The molecular formula is C24H36IN5O3. The van der Waals surface area contributed by atoms with Crippen LogP contribution in [0.3, 0.4) is 0 Å². The zero-order valence-corrected chi connectivity index (χ0v) is 22.4. The molecule has 2 aromatic carbocycles. The average Bonchev–Trinajstić information content (AvgIpc) is 2.79. The predicted molar refractivity (Wildman–Crippen MR) is 144 cm³/mol. The summed E-state index contributed by atoms with van der Waals surface area (Å²) in [5.74, 6) is 2.10. The third-order valence-electron chi connectivity index (χ3n) is 4.65. The van der Waals surface area contributed by atoms with Crippen molar-refractivity contribution in [3.63, 3.8) is 0 Å². The van der Waals surface area contributed by atoms with Crippen molar-refractivity contribution >= 4 is 35.8 Å². The fraction of sp³-hybridized carbons (Fsp3) is 0.417. The Morgan fingerprint density at radius 2 is 1.79 bits per heavy atom. The van der Waals surface area contributed by atoms with E-state index in [9.17, 15) is 4.79 Å². The molecule has 9 heteroatoms. The van der Waals surface area contributed by atoms with Crippen LogP contribution in [0.15, 0.2) is 53.5 Å². The average molecular weight is 569 g/mol. The smallest absolute Gasteiger partial charge is 0.251 e. The van der Waals surface area contributed by atoms with Crippen molar-refractivity contribution in [2.45, 2.75) is 19.6 Å². The number of nitrogens with zero attached hydrogens (tertiary/aromatic N) is 2. The van der Waals surface area contributed by atoms with Gasteiger partial charge in [0.15, 0.2) is 5.96 Å². The van der Waals surface area contributed by atoms with Crippen molar-refractivity contribution < 1.29 is 14.3 Å². The monoisotopic (exact) mass is 569 g/mol. The van der Waals surface area contributed by atoms with Gasteiger partial charge >= 0.3 is 0 Å². The first-order valence-electron chi connectivity index (χ1n) is 10.7. The zero-order valence-electron chi connectivity index (χ0n) is 20.1. The molecule has 0 saturated heterocycles. The highest BCUT2D eigenvalue weighted by atomic mass is 127. The Bertz CT molecular complexity index is 892. The van der Waals surface area contributed by atoms with Crippen LogP contribution in [-0.4, -0.2) is 70.8 Å². The van der Waals surface area contributed by atoms with Crippen molar-refractivity contribution in [2.75, 3.05) is 47.9 Å². The Balaban J connectivity index is 0.00000544. The van der Waals surface area contributed by atoms with E-state index < -0.39 is 0 Å². The number of halogens is 1. The molecule has 0 aliphatic carbocycles. The maximum atomic E-state index is 12.3. The number of amides is 1. The minimum absolute atomic E-state index is 0. The first-order valence-corrected chi connectivity index (χ1v) is 10.7. The summed E-state index contributed by atoms with van der Waals surface area (Å²) in [6, 6.07) is 15.1. The fourth-order valence-corrected chi connectivity index (χ4v) is 2.91. The summed E-state index contributed by atoms with van der Waals surface area (Å²) in [5.41, 5.74) is 1.64. The van der Waals surface area contributed by atoms with Gasteiger partial charge in [0.25, 0.3) is 5.91 Å². The first kappa shape index (κ1) is 28.5. The van der Waals surface area contributed by atoms with Gasteiger partial charge in [0.05, 0.1) is 13.7 Å². The van der Waals surface area contributed by atoms with Crippen LogP contribution in [0.25, 0.3) is 0 Å². The standard InChI is InChI=1S/C24H35N5O3.HI/c1-18(32-22-11-7-10-21(15-22)31-5)16-27-24(25-2)28-17-19-8-6-9-20(14-19)23(30)26-12-13-29(3)4;/h6-11,14-15,18H,12-13,16-17H2,1-5H3,(H,26,30)(H2,25,27,28);1H. The summed E-state index contributed by atoms with van der Waals surface area (Å²) in [6.45, 7) is 4.52. The molecule has 0 saturated carbocycles. The van der Waals surface area contributed by atoms with E-state index in [0.29, 0.717) is 31.2 Å². The van der Waals surface area contributed by atoms with Crippen LogP contribution in [-0.2, 0) is 6.54 Å². The molecule has 182 valence electrons. The maximum absolute atomic E-state index is 12.3. The Morgan fingerprint density at radius 3 is 2.48 bits per heavy atom. The van der Waals surface area contributed by atoms with Crippen LogP contribution in [0.4, 0.5) is 0 Å². The SMILES string of the molecule is CN=C(NCc1cccc(C(=O)NCCN(C)C)c1)NCC(C)Oc1cccc(OC)c1.I. The molecule has 0 spiro atoms. The molecule has 0 heterocycles. The lowest BCUT2D eigenvalue weighted by atomic mass is 10.1. The molecule has 2 rings (SSSR count). The summed E-state index contributed by atoms with van der Waals surface area (Å²) in [7, 11) is 7.31. The molecule has 0 aromatic heterocycles. The highest BCUT2D eigenvalue weighted by Gasteiger charge is 2.08. The number of rotatable bonds is 11. The summed E-state index contributed by atoms with van der Waals surface area (Å²) >= 11 is 0. The lowest BCUT2D eigenvalue weighted by Crippen LogP contribution is -2.41. The highest BCUT2D eigenvalue weighted by molar-refractivity contribution is 14.0. The molecule has 1 amide bonds. The quantitative estimate of drug-likeness (QED) is 0.219. The van der Waals surface area contributed by atoms with E-state index in [1.807, 2.05) is 74.4 Å². The van der Waals surface area contributed by atoms with Gasteiger partial charge < -0.3 is 30.3 Å². The van der Waals surface area contributed by atoms with Crippen LogP contribution < -0.4 is 25.4 Å². The second-order valence-corrected chi connectivity index (χ2v) is 7.67. The lowest BCUT2D eigenvalue weighted by molar-refractivity contribution is 0.0951. The second-order valence-electron chi connectivity index (χ2n) is 7.67. The van der Waals surface area contributed by atoms with Gasteiger partial charge in [-0.25, -0.2) is 0 Å². The van der Waals surface area contributed by atoms with E-state index in [4.69, 9.17) is 9.47 Å². The van der Waals surface area contributed by atoms with Crippen molar-refractivity contribution in [1.82, 2.24) is 20.9 Å². The number of aliphatic imine (C=N–C) groups is 1. The van der Waals surface area contributed by atoms with Gasteiger partial charge in [-0.2, -0.15) is 0 Å². The summed E-state index contributed by atoms with van der Waals surface area (Å²) in [5, 5.41) is 9.47. The number of carbonyl (C=O) groups excluding carboxylic acids is 1. The molecule has 1 atom stereocenters. The molecular weight excluding hydrogens is 533 g/mol. The molecule has 0 aliphatic rings. The molecule has 2 aromatic rings. The molecule has 0 radical (unpaired) electrons. The molecule has 8 nitrogen and oxygen atoms in total. The van der Waals surface area contributed by atoms with Gasteiger partial charge in [0.1, 0.15) is 17.6 Å². The first-order chi connectivity index (χ1) is 15.4. The van der Waals surface area contributed by atoms with Gasteiger partial charge in [-0.05, 0) is 50.8 Å². The van der Waals surface area contributed by atoms with Gasteiger partial charge in [0, 0.05) is 38.3 Å². The van der Waals surface area contributed by atoms with Crippen LogP contribution in [0, 0.1) is 0 Å². The Labute approximate surface area is 214 Å². The Morgan fingerprint density at radius 1 is 1.06 bits per heavy atom. The van der Waals surface area contributed by atoms with Crippen molar-refractivity contribution in [3.05, 3.63) is 59.7 Å². The number of guanidine groups is 1. The van der Waals surface area contributed by atoms with Gasteiger partial charge in [0.2, 0.25) is 0 Å². The maximum Gasteiger partial charge on any atom is 0.251 e. The molecule has 0 bridgehead atoms. The van der Waals surface area contributed by atoms with E-state index in [1.165, 1.54) is 0 Å². The highest BCUT2D eigenvalue weighted by Crippen LogP contribution is 2.19. The van der Waals surface area contributed by atoms with Crippen LogP contribution >= 0.6 is 24.0 Å². The largest absolute Gasteiger partial charge is 0.497 e. The van der Waals surface area contributed by atoms with Crippen molar-refractivity contribution in [3.8, 4) is 11.5 Å². The van der Waals surface area contributed by atoms with Crippen molar-refractivity contribution in [2.24, 2.45) is 4.99 Å². The number of carbonyl (C=O) groups is 1. The van der Waals surface area contributed by atoms with Crippen molar-refractivity contribution in [1.29, 1.82) is 0 Å². The lowest BCUT2D eigenvalue weighted by Gasteiger charge is -2.18. The minimum atomic E-state index is -0.0742. The predicted octanol–water partition coefficient (Wildman–Crippen LogP) is 2.74. The van der Waals surface area contributed by atoms with Crippen LogP contribution in [0.5, 0.6) is 11.5 Å². The number of hydrogen-bond acceptors (Lipinski definition) is 5. The third kappa shape index (κ3) is 10.8. The molecule has 0 aliphatic heterocycles. The minimum Gasteiger partial charge on any atom is -0.497 e. The summed E-state index contributed by atoms with van der Waals surface area (Å²) < 4.78 is 11.2. The summed E-state index contributed by atoms with van der Waals surface area (Å²) in [6.07, 6.45) is -0.0742. The zero-order chi connectivity index (χ0) is 23.3. The molecule has 33 heavy (non-hydrogen) atoms. The number of nitrogens with one attached hydrogen (secondary N) is 3. The van der Waals surface area contributed by atoms with Gasteiger partial charge in [-0.3, -0.25) is 9.79 Å². The Hall–Kier alpha value is -2.53. The number of ether oxygens (including phenoxy) is 2. The van der Waals surface area contributed by atoms with Gasteiger partial charge in [-0.1, -0.05) is 18.2 Å². The summed E-state index contributed by atoms with van der Waals surface area (Å²) in [4.78, 5) is 18.6. The normalized spacial score (nSPS) is 11.9. The van der Waals surface area contributed by atoms with E-state index in [2.05, 4.69) is 20.9 Å². The third-order valence-corrected chi connectivity index (χ3v) is 4.65. The molecule has 1 unspecified atom stereocenters. The van der Waals surface area contributed by atoms with E-state index in [-0.39, 0.29) is 36.0 Å². The second kappa shape index (κ2) is 15.3. The molecule has 0 fully saturated rings.